The van der Waals surface area contributed by atoms with Crippen LogP contribution in [0, 0.1) is 0 Å². The van der Waals surface area contributed by atoms with Crippen LogP contribution in [0.5, 0.6) is 0 Å². The lowest BCUT2D eigenvalue weighted by molar-refractivity contribution is -0.170. The molecular weight excluding hydrogens is 468 g/mol. The molecule has 0 bridgehead atoms. The van der Waals surface area contributed by atoms with E-state index in [1.54, 1.807) is 6.20 Å². The quantitative estimate of drug-likeness (QED) is 0.148. The highest BCUT2D eigenvalue weighted by atomic mass is 32.1. The molecule has 0 radical (unpaired) electrons. The van der Waals surface area contributed by atoms with Gasteiger partial charge in [-0.05, 0) is 30.9 Å². The summed E-state index contributed by atoms with van der Waals surface area (Å²) in [6, 6.07) is 3.99. The molecule has 0 aliphatic heterocycles. The van der Waals surface area contributed by atoms with Crippen LogP contribution in [0.2, 0.25) is 0 Å². The van der Waals surface area contributed by atoms with Gasteiger partial charge in [-0.15, -0.1) is 0 Å². The summed E-state index contributed by atoms with van der Waals surface area (Å²) in [5, 5.41) is 41.3. The Labute approximate surface area is 201 Å². The molecule has 1 aromatic heterocycles. The number of aromatic nitrogens is 1. The fourth-order valence-electron chi connectivity index (χ4n) is 3.57. The van der Waals surface area contributed by atoms with Gasteiger partial charge in [-0.3, -0.25) is 14.6 Å². The predicted octanol–water partition coefficient (Wildman–Crippen LogP) is 0.523. The van der Waals surface area contributed by atoms with Crippen LogP contribution in [0.3, 0.4) is 0 Å². The Morgan fingerprint density at radius 1 is 1.26 bits per heavy atom. The first kappa shape index (κ1) is 28.9. The van der Waals surface area contributed by atoms with Crippen molar-refractivity contribution in [1.29, 1.82) is 0 Å². The summed E-state index contributed by atoms with van der Waals surface area (Å²) in [6.45, 7) is 0.867. The Kier molecular flexibility index (Phi) is 11.5. The third-order valence-corrected chi connectivity index (χ3v) is 5.70. The Hall–Kier alpha value is -3.16. The lowest BCUT2D eigenvalue weighted by Gasteiger charge is -2.38. The maximum Gasteiger partial charge on any atom is 0.336 e. The van der Waals surface area contributed by atoms with Gasteiger partial charge in [0.2, 0.25) is 0 Å². The lowest BCUT2D eigenvalue weighted by Crippen LogP contribution is -2.50. The Morgan fingerprint density at radius 2 is 1.91 bits per heavy atom. The fourth-order valence-corrected chi connectivity index (χ4v) is 3.91. The van der Waals surface area contributed by atoms with Gasteiger partial charge in [-0.25, -0.2) is 4.79 Å². The molecule has 0 saturated heterocycles. The van der Waals surface area contributed by atoms with E-state index in [4.69, 9.17) is 43.2 Å². The van der Waals surface area contributed by atoms with Gasteiger partial charge in [0.1, 0.15) is 6.61 Å². The number of hydrogen-bond donors (Lipinski definition) is 6. The number of oxime groups is 1. The second-order valence-corrected chi connectivity index (χ2v) is 7.98. The topological polar surface area (TPSA) is 205 Å². The van der Waals surface area contributed by atoms with E-state index in [2.05, 4.69) is 21.5 Å². The fraction of sp³-hybridized carbons (Fsp3) is 0.524. The molecule has 1 atom stereocenters. The summed E-state index contributed by atoms with van der Waals surface area (Å²) >= 11 is 5.63. The van der Waals surface area contributed by atoms with Crippen LogP contribution >= 0.6 is 12.2 Å². The molecular formula is C21H30N4O8S. The molecule has 0 aromatic carbocycles. The summed E-state index contributed by atoms with van der Waals surface area (Å²) in [5.74, 6) is -5.02. The van der Waals surface area contributed by atoms with Gasteiger partial charge in [-0.1, -0.05) is 29.9 Å². The van der Waals surface area contributed by atoms with Crippen molar-refractivity contribution in [1.82, 2.24) is 10.3 Å². The maximum atomic E-state index is 10.3. The zero-order valence-electron chi connectivity index (χ0n) is 18.8. The van der Waals surface area contributed by atoms with Crippen LogP contribution in [0.25, 0.3) is 0 Å². The van der Waals surface area contributed by atoms with Gasteiger partial charge in [-0.2, -0.15) is 0 Å². The smallest absolute Gasteiger partial charge is 0.336 e. The zero-order chi connectivity index (χ0) is 25.8. The molecule has 1 aliphatic carbocycles. The van der Waals surface area contributed by atoms with E-state index in [0.717, 1.165) is 41.9 Å². The third kappa shape index (κ3) is 7.71. The summed E-state index contributed by atoms with van der Waals surface area (Å²) in [7, 11) is 1.85. The van der Waals surface area contributed by atoms with E-state index in [9.17, 15) is 14.4 Å². The number of carbonyl (C=O) groups is 3. The van der Waals surface area contributed by atoms with Gasteiger partial charge in [0, 0.05) is 26.0 Å². The molecule has 188 valence electrons. The van der Waals surface area contributed by atoms with E-state index in [-0.39, 0.29) is 0 Å². The number of hydrogen-bond acceptors (Lipinski definition) is 9. The van der Waals surface area contributed by atoms with Gasteiger partial charge in [0.05, 0.1) is 29.0 Å². The number of nitrogens with zero attached hydrogens (tertiary/aromatic N) is 2. The van der Waals surface area contributed by atoms with E-state index in [1.807, 2.05) is 19.3 Å². The molecule has 1 heterocycles. The number of carboxylic acid groups (broad SMARTS) is 3. The Bertz CT molecular complexity index is 880. The molecule has 13 heteroatoms. The molecule has 1 aromatic rings. The lowest BCUT2D eigenvalue weighted by atomic mass is 9.68. The second kappa shape index (κ2) is 13.5. The zero-order valence-corrected chi connectivity index (χ0v) is 19.6. The number of pyridine rings is 1. The summed E-state index contributed by atoms with van der Waals surface area (Å²) in [6.07, 6.45) is 5.34. The van der Waals surface area contributed by atoms with E-state index in [1.165, 1.54) is 0 Å². The van der Waals surface area contributed by atoms with Crippen LogP contribution in [0.4, 0.5) is 0 Å². The predicted molar refractivity (Wildman–Crippen MR) is 126 cm³/mol. The highest BCUT2D eigenvalue weighted by molar-refractivity contribution is 7.80. The largest absolute Gasteiger partial charge is 0.481 e. The first-order chi connectivity index (χ1) is 16.0. The number of aliphatic carboxylic acids is 3. The van der Waals surface area contributed by atoms with Crippen molar-refractivity contribution in [3.05, 3.63) is 30.1 Å². The van der Waals surface area contributed by atoms with Crippen LogP contribution in [0.15, 0.2) is 29.7 Å². The number of nitrogens with one attached hydrogen (secondary N) is 1. The highest BCUT2D eigenvalue weighted by Crippen LogP contribution is 2.38. The molecule has 1 fully saturated rings. The summed E-state index contributed by atoms with van der Waals surface area (Å²) in [4.78, 5) is 40.9. The number of rotatable bonds is 10. The SMILES string of the molecule is CNC(=S)C1(c2cccnc2)CCCCC1=NOCCN.O=C(O)CC(O)(CC(=O)O)C(=O)O. The number of aliphatic hydroxyl groups is 1. The van der Waals surface area contributed by atoms with Crippen LogP contribution in [-0.4, -0.2) is 79.8 Å². The maximum absolute atomic E-state index is 10.3. The van der Waals surface area contributed by atoms with Crippen LogP contribution < -0.4 is 11.1 Å². The molecule has 2 rings (SSSR count). The standard InChI is InChI=1S/C15H22N4OS.C6H8O7/c1-17-14(21)15(12-5-4-9-18-11-12)7-3-2-6-13(15)19-20-10-8-16;7-3(8)1-6(13,5(11)12)2-4(9)10/h4-5,9,11H,2-3,6-8,10,16H2,1H3,(H,17,21);13H,1-2H2,(H,7,8)(H,9,10)(H,11,12). The minimum Gasteiger partial charge on any atom is -0.481 e. The second-order valence-electron chi connectivity index (χ2n) is 7.57. The first-order valence-electron chi connectivity index (χ1n) is 10.4. The summed E-state index contributed by atoms with van der Waals surface area (Å²) in [5.41, 5.74) is 4.35. The van der Waals surface area contributed by atoms with Crippen LogP contribution in [0.1, 0.15) is 44.1 Å². The summed E-state index contributed by atoms with van der Waals surface area (Å²) < 4.78 is 0. The van der Waals surface area contributed by atoms with Gasteiger partial charge < -0.3 is 36.3 Å². The molecule has 0 spiro atoms. The number of thiocarbonyl (C=S) groups is 1. The van der Waals surface area contributed by atoms with Gasteiger partial charge >= 0.3 is 17.9 Å². The first-order valence-corrected chi connectivity index (χ1v) is 10.9. The number of nitrogens with two attached hydrogens (primary N) is 1. The Morgan fingerprint density at radius 3 is 2.38 bits per heavy atom. The van der Waals surface area contributed by atoms with Crippen molar-refractivity contribution in [2.45, 2.75) is 49.5 Å². The third-order valence-electron chi connectivity index (χ3n) is 5.15. The molecule has 0 amide bonds. The van der Waals surface area contributed by atoms with Gasteiger partial charge in [0.25, 0.3) is 0 Å². The molecule has 34 heavy (non-hydrogen) atoms. The van der Waals surface area contributed by atoms with Crippen molar-refractivity contribution < 1.29 is 39.6 Å². The van der Waals surface area contributed by atoms with Crippen molar-refractivity contribution >= 4 is 40.8 Å². The number of carboxylic acids is 3. The van der Waals surface area contributed by atoms with Crippen molar-refractivity contribution in [3.63, 3.8) is 0 Å². The minimum atomic E-state index is -2.74. The van der Waals surface area contributed by atoms with Crippen molar-refractivity contribution in [2.75, 3.05) is 20.2 Å². The van der Waals surface area contributed by atoms with Crippen molar-refractivity contribution in [3.8, 4) is 0 Å². The molecule has 12 nitrogen and oxygen atoms in total. The number of likely N-dealkylation sites (N-methyl/N-ethyl adjacent to an activating group) is 1. The molecule has 1 aliphatic rings. The van der Waals surface area contributed by atoms with Crippen molar-refractivity contribution in [2.24, 2.45) is 10.9 Å². The van der Waals surface area contributed by atoms with Gasteiger partial charge in [0.15, 0.2) is 5.60 Å². The monoisotopic (exact) mass is 498 g/mol. The Balaban J connectivity index is 0.000000385. The van der Waals surface area contributed by atoms with E-state index >= 15 is 0 Å². The average Bonchev–Trinajstić information content (AvgIpc) is 2.79. The van der Waals surface area contributed by atoms with E-state index in [0.29, 0.717) is 13.2 Å². The average molecular weight is 499 g/mol. The molecule has 1 saturated carbocycles. The highest BCUT2D eigenvalue weighted by Gasteiger charge is 2.44. The molecule has 1 unspecified atom stereocenters. The van der Waals surface area contributed by atoms with Crippen LogP contribution in [-0.2, 0) is 24.6 Å². The minimum absolute atomic E-state index is 0.412. The normalized spacial score (nSPS) is 18.9. The van der Waals surface area contributed by atoms with E-state index < -0.39 is 41.8 Å². The molecule has 7 N–H and O–H groups in total.